The van der Waals surface area contributed by atoms with Gasteiger partial charge in [0.15, 0.2) is 0 Å². The van der Waals surface area contributed by atoms with Crippen molar-refractivity contribution in [2.24, 2.45) is 5.92 Å². The maximum atomic E-state index is 2.56. The Bertz CT molecular complexity index is 939. The molecule has 3 aliphatic carbocycles. The van der Waals surface area contributed by atoms with Crippen LogP contribution in [-0.2, 0) is 0 Å². The quantitative estimate of drug-likeness (QED) is 0.462. The molecule has 0 aromatic heterocycles. The Morgan fingerprint density at radius 2 is 1.41 bits per heavy atom. The molecule has 0 aliphatic heterocycles. The number of aryl methyl sites for hydroxylation is 1. The zero-order chi connectivity index (χ0) is 21.8. The van der Waals surface area contributed by atoms with E-state index >= 15 is 0 Å². The van der Waals surface area contributed by atoms with Crippen LogP contribution in [0.4, 0.5) is 11.4 Å². The zero-order valence-electron chi connectivity index (χ0n) is 19.8. The van der Waals surface area contributed by atoms with E-state index in [4.69, 9.17) is 0 Å². The second kappa shape index (κ2) is 10.1. The summed E-state index contributed by atoms with van der Waals surface area (Å²) >= 11 is 0. The number of benzene rings is 2. The van der Waals surface area contributed by atoms with Gasteiger partial charge in [0, 0.05) is 11.4 Å². The highest BCUT2D eigenvalue weighted by Crippen LogP contribution is 2.38. The van der Waals surface area contributed by atoms with Crippen LogP contribution < -0.4 is 4.90 Å². The Hall–Kier alpha value is -2.28. The molecule has 5 rings (SSSR count). The highest BCUT2D eigenvalue weighted by atomic mass is 15.2. The van der Waals surface area contributed by atoms with E-state index < -0.39 is 0 Å². The van der Waals surface area contributed by atoms with Gasteiger partial charge in [-0.15, -0.1) is 0 Å². The number of anilines is 2. The van der Waals surface area contributed by atoms with Gasteiger partial charge in [-0.25, -0.2) is 0 Å². The molecule has 2 aromatic carbocycles. The van der Waals surface area contributed by atoms with E-state index in [2.05, 4.69) is 78.6 Å². The third-order valence-electron chi connectivity index (χ3n) is 8.04. The molecule has 2 saturated carbocycles. The van der Waals surface area contributed by atoms with E-state index in [0.29, 0.717) is 6.04 Å². The van der Waals surface area contributed by atoms with Crippen LogP contribution in [0.25, 0.3) is 0 Å². The molecule has 1 atom stereocenters. The molecule has 0 spiro atoms. The minimum Gasteiger partial charge on any atom is -0.334 e. The van der Waals surface area contributed by atoms with Gasteiger partial charge in [0.25, 0.3) is 0 Å². The molecule has 32 heavy (non-hydrogen) atoms. The summed E-state index contributed by atoms with van der Waals surface area (Å²) in [6.45, 7) is 2.20. The number of allylic oxidation sites excluding steroid dienone is 2. The molecule has 0 saturated heterocycles. The van der Waals surface area contributed by atoms with Crippen molar-refractivity contribution < 1.29 is 0 Å². The normalized spacial score (nSPS) is 22.5. The van der Waals surface area contributed by atoms with Crippen LogP contribution in [0, 0.1) is 12.8 Å². The zero-order valence-corrected chi connectivity index (χ0v) is 19.8. The van der Waals surface area contributed by atoms with Crippen LogP contribution in [-0.4, -0.2) is 6.04 Å². The van der Waals surface area contributed by atoms with E-state index in [-0.39, 0.29) is 0 Å². The van der Waals surface area contributed by atoms with Crippen LogP contribution in [0.2, 0.25) is 0 Å². The molecule has 0 radical (unpaired) electrons. The average Bonchev–Trinajstić information content (AvgIpc) is 2.86. The Kier molecular flexibility index (Phi) is 6.81. The van der Waals surface area contributed by atoms with Gasteiger partial charge in [-0.2, -0.15) is 0 Å². The fourth-order valence-electron chi connectivity index (χ4n) is 6.21. The SMILES string of the molecule is Cc1cccc(N(c2ccc(C3CCCCC3)cc2)C2C=CC(C3CCCCC3)=CC2)c1. The Balaban J connectivity index is 1.39. The minimum absolute atomic E-state index is 0.379. The molecule has 0 heterocycles. The first-order valence-electron chi connectivity index (χ1n) is 13.1. The van der Waals surface area contributed by atoms with Gasteiger partial charge < -0.3 is 4.90 Å². The third kappa shape index (κ3) is 4.87. The maximum absolute atomic E-state index is 2.56. The smallest absolute Gasteiger partial charge is 0.0560 e. The van der Waals surface area contributed by atoms with Crippen molar-refractivity contribution in [1.82, 2.24) is 0 Å². The summed E-state index contributed by atoms with van der Waals surface area (Å²) in [5, 5.41) is 0. The lowest BCUT2D eigenvalue weighted by Crippen LogP contribution is -2.30. The molecule has 0 bridgehead atoms. The van der Waals surface area contributed by atoms with Crippen LogP contribution >= 0.6 is 0 Å². The van der Waals surface area contributed by atoms with Crippen molar-refractivity contribution in [2.45, 2.75) is 89.5 Å². The molecular weight excluding hydrogens is 386 g/mol. The minimum atomic E-state index is 0.379. The van der Waals surface area contributed by atoms with Crippen LogP contribution in [0.3, 0.4) is 0 Å². The lowest BCUT2D eigenvalue weighted by molar-refractivity contribution is 0.406. The van der Waals surface area contributed by atoms with Crippen molar-refractivity contribution in [3.8, 4) is 0 Å². The summed E-state index contributed by atoms with van der Waals surface area (Å²) < 4.78 is 0. The third-order valence-corrected chi connectivity index (χ3v) is 8.04. The molecule has 168 valence electrons. The predicted octanol–water partition coefficient (Wildman–Crippen LogP) is 9.02. The Morgan fingerprint density at radius 1 is 0.719 bits per heavy atom. The molecule has 1 heteroatoms. The molecule has 0 N–H and O–H groups in total. The number of rotatable bonds is 5. The van der Waals surface area contributed by atoms with Gasteiger partial charge in [-0.05, 0) is 91.8 Å². The van der Waals surface area contributed by atoms with E-state index in [9.17, 15) is 0 Å². The largest absolute Gasteiger partial charge is 0.334 e. The first-order chi connectivity index (χ1) is 15.8. The number of hydrogen-bond acceptors (Lipinski definition) is 1. The second-order valence-electron chi connectivity index (χ2n) is 10.3. The van der Waals surface area contributed by atoms with E-state index in [1.165, 1.54) is 86.7 Å². The van der Waals surface area contributed by atoms with Gasteiger partial charge in [0.1, 0.15) is 0 Å². The standard InChI is InChI=1S/C31H39N/c1-24-9-8-14-31(23-24)32(29-19-15-27(16-20-29)25-10-4-2-5-11-25)30-21-17-28(18-22-30)26-12-6-3-7-13-26/h8-9,14-21,23,25-26,30H,2-7,10-13,22H2,1H3. The van der Waals surface area contributed by atoms with Gasteiger partial charge in [0.05, 0.1) is 6.04 Å². The van der Waals surface area contributed by atoms with Gasteiger partial charge >= 0.3 is 0 Å². The van der Waals surface area contributed by atoms with Gasteiger partial charge in [-0.1, -0.05) is 81.0 Å². The van der Waals surface area contributed by atoms with Crippen molar-refractivity contribution in [3.63, 3.8) is 0 Å². The van der Waals surface area contributed by atoms with Crippen LogP contribution in [0.1, 0.15) is 87.7 Å². The Morgan fingerprint density at radius 3 is 2.03 bits per heavy atom. The lowest BCUT2D eigenvalue weighted by Gasteiger charge is -2.35. The fourth-order valence-corrected chi connectivity index (χ4v) is 6.21. The number of hydrogen-bond donors (Lipinski definition) is 0. The fraction of sp³-hybridized carbons (Fsp3) is 0.484. The summed E-state index contributed by atoms with van der Waals surface area (Å²) in [6.07, 6.45) is 22.5. The summed E-state index contributed by atoms with van der Waals surface area (Å²) in [6, 6.07) is 19.0. The maximum Gasteiger partial charge on any atom is 0.0560 e. The van der Waals surface area contributed by atoms with E-state index in [0.717, 1.165) is 18.3 Å². The highest BCUT2D eigenvalue weighted by molar-refractivity contribution is 5.66. The van der Waals surface area contributed by atoms with Gasteiger partial charge in [-0.3, -0.25) is 0 Å². The molecular formula is C31H39N. The molecule has 1 nitrogen and oxygen atoms in total. The van der Waals surface area contributed by atoms with Crippen molar-refractivity contribution >= 4 is 11.4 Å². The first kappa shape index (κ1) is 21.6. The second-order valence-corrected chi connectivity index (χ2v) is 10.3. The molecule has 3 aliphatic rings. The van der Waals surface area contributed by atoms with Gasteiger partial charge in [0.2, 0.25) is 0 Å². The molecule has 0 amide bonds. The van der Waals surface area contributed by atoms with Crippen molar-refractivity contribution in [3.05, 3.63) is 83.5 Å². The highest BCUT2D eigenvalue weighted by Gasteiger charge is 2.24. The summed E-state index contributed by atoms with van der Waals surface area (Å²) in [7, 11) is 0. The van der Waals surface area contributed by atoms with Crippen LogP contribution in [0.15, 0.2) is 72.3 Å². The average molecular weight is 426 g/mol. The molecule has 1 unspecified atom stereocenters. The summed E-state index contributed by atoms with van der Waals surface area (Å²) in [5.74, 6) is 1.56. The van der Waals surface area contributed by atoms with E-state index in [1.807, 2.05) is 0 Å². The monoisotopic (exact) mass is 425 g/mol. The van der Waals surface area contributed by atoms with E-state index in [1.54, 1.807) is 5.57 Å². The Labute approximate surface area is 195 Å². The molecule has 2 aromatic rings. The van der Waals surface area contributed by atoms with Crippen molar-refractivity contribution in [1.29, 1.82) is 0 Å². The first-order valence-corrected chi connectivity index (χ1v) is 13.1. The van der Waals surface area contributed by atoms with Crippen molar-refractivity contribution in [2.75, 3.05) is 4.90 Å². The lowest BCUT2D eigenvalue weighted by atomic mass is 9.81. The number of nitrogens with zero attached hydrogens (tertiary/aromatic N) is 1. The summed E-state index contributed by atoms with van der Waals surface area (Å²) in [5.41, 5.74) is 7.08. The molecule has 2 fully saturated rings. The predicted molar refractivity (Wildman–Crippen MR) is 138 cm³/mol. The summed E-state index contributed by atoms with van der Waals surface area (Å²) in [4.78, 5) is 2.56. The topological polar surface area (TPSA) is 3.24 Å². The van der Waals surface area contributed by atoms with Crippen LogP contribution in [0.5, 0.6) is 0 Å².